The topological polar surface area (TPSA) is 101 Å². The number of para-hydroxylation sites is 1. The van der Waals surface area contributed by atoms with Gasteiger partial charge >= 0.3 is 0 Å². The largest absolute Gasteiger partial charge is 0.361 e. The van der Waals surface area contributed by atoms with Crippen molar-refractivity contribution in [2.45, 2.75) is 24.1 Å². The van der Waals surface area contributed by atoms with E-state index in [1.807, 2.05) is 23.1 Å². The Balaban J connectivity index is 1.35. The Bertz CT molecular complexity index is 1020. The number of aryl methyl sites for hydroxylation is 2. The SMILES string of the molecule is Cc1cc(C(=O)Nc2nnc(SCC(=O)N3CCCc4ccccc43)s2)no1. The van der Waals surface area contributed by atoms with Crippen LogP contribution in [0.2, 0.25) is 0 Å². The summed E-state index contributed by atoms with van der Waals surface area (Å²) in [5.41, 5.74) is 2.38. The number of nitrogens with zero attached hydrogens (tertiary/aromatic N) is 4. The summed E-state index contributed by atoms with van der Waals surface area (Å²) in [5, 5.41) is 14.6. The van der Waals surface area contributed by atoms with Crippen molar-refractivity contribution in [2.75, 3.05) is 22.5 Å². The molecular formula is C18H17N5O3S2. The molecule has 0 aliphatic carbocycles. The van der Waals surface area contributed by atoms with Gasteiger partial charge in [0.2, 0.25) is 11.0 Å². The quantitative estimate of drug-likeness (QED) is 0.504. The first-order valence-corrected chi connectivity index (χ1v) is 10.5. The van der Waals surface area contributed by atoms with Gasteiger partial charge in [0, 0.05) is 18.3 Å². The van der Waals surface area contributed by atoms with Crippen LogP contribution in [0.15, 0.2) is 39.2 Å². The Morgan fingerprint density at radius 2 is 2.18 bits per heavy atom. The number of fused-ring (bicyclic) bond motifs is 1. The van der Waals surface area contributed by atoms with Crippen molar-refractivity contribution in [1.82, 2.24) is 15.4 Å². The molecular weight excluding hydrogens is 398 g/mol. The highest BCUT2D eigenvalue weighted by Gasteiger charge is 2.22. The van der Waals surface area contributed by atoms with E-state index in [-0.39, 0.29) is 17.4 Å². The molecule has 10 heteroatoms. The fraction of sp³-hybridized carbons (Fsp3) is 0.278. The zero-order valence-corrected chi connectivity index (χ0v) is 16.7. The minimum atomic E-state index is -0.412. The van der Waals surface area contributed by atoms with Crippen molar-refractivity contribution in [1.29, 1.82) is 0 Å². The molecule has 0 unspecified atom stereocenters. The molecule has 1 aliphatic rings. The molecule has 8 nitrogen and oxygen atoms in total. The number of aromatic nitrogens is 3. The van der Waals surface area contributed by atoms with Crippen LogP contribution >= 0.6 is 23.1 Å². The summed E-state index contributed by atoms with van der Waals surface area (Å²) in [7, 11) is 0. The van der Waals surface area contributed by atoms with Gasteiger partial charge in [0.25, 0.3) is 5.91 Å². The Labute approximate surface area is 169 Å². The average molecular weight is 416 g/mol. The van der Waals surface area contributed by atoms with Gasteiger partial charge in [-0.1, -0.05) is 46.5 Å². The maximum absolute atomic E-state index is 12.7. The van der Waals surface area contributed by atoms with Crippen LogP contribution < -0.4 is 10.2 Å². The number of benzene rings is 1. The van der Waals surface area contributed by atoms with Crippen LogP contribution in [-0.2, 0) is 11.2 Å². The second kappa shape index (κ2) is 8.11. The Morgan fingerprint density at radius 3 is 3.00 bits per heavy atom. The molecule has 0 bridgehead atoms. The molecule has 3 heterocycles. The molecule has 144 valence electrons. The van der Waals surface area contributed by atoms with E-state index in [1.54, 1.807) is 13.0 Å². The van der Waals surface area contributed by atoms with Gasteiger partial charge in [0.1, 0.15) is 5.76 Å². The van der Waals surface area contributed by atoms with E-state index >= 15 is 0 Å². The molecule has 3 aromatic rings. The third-order valence-corrected chi connectivity index (χ3v) is 6.17. The van der Waals surface area contributed by atoms with E-state index in [4.69, 9.17) is 4.52 Å². The third kappa shape index (κ3) is 4.07. The average Bonchev–Trinajstić information content (AvgIpc) is 3.34. The van der Waals surface area contributed by atoms with Crippen molar-refractivity contribution in [3.05, 3.63) is 47.3 Å². The van der Waals surface area contributed by atoms with Crippen LogP contribution in [-0.4, -0.2) is 39.5 Å². The number of thioether (sulfide) groups is 1. The monoisotopic (exact) mass is 415 g/mol. The number of anilines is 2. The number of rotatable bonds is 5. The summed E-state index contributed by atoms with van der Waals surface area (Å²) < 4.78 is 5.50. The van der Waals surface area contributed by atoms with Crippen LogP contribution in [0.4, 0.5) is 10.8 Å². The number of hydrogen-bond acceptors (Lipinski definition) is 8. The molecule has 1 aromatic carbocycles. The Kier molecular flexibility index (Phi) is 5.40. The first-order valence-electron chi connectivity index (χ1n) is 8.69. The van der Waals surface area contributed by atoms with Crippen molar-refractivity contribution in [2.24, 2.45) is 0 Å². The maximum Gasteiger partial charge on any atom is 0.279 e. The molecule has 28 heavy (non-hydrogen) atoms. The van der Waals surface area contributed by atoms with E-state index < -0.39 is 5.91 Å². The van der Waals surface area contributed by atoms with Gasteiger partial charge < -0.3 is 9.42 Å². The lowest BCUT2D eigenvalue weighted by Gasteiger charge is -2.29. The van der Waals surface area contributed by atoms with Gasteiger partial charge in [-0.15, -0.1) is 10.2 Å². The summed E-state index contributed by atoms with van der Waals surface area (Å²) in [4.78, 5) is 26.6. The van der Waals surface area contributed by atoms with Gasteiger partial charge in [-0.25, -0.2) is 0 Å². The number of amides is 2. The summed E-state index contributed by atoms with van der Waals surface area (Å²) in [5.74, 6) is 0.442. The van der Waals surface area contributed by atoms with Crippen LogP contribution in [0.5, 0.6) is 0 Å². The fourth-order valence-electron chi connectivity index (χ4n) is 2.95. The zero-order valence-electron chi connectivity index (χ0n) is 15.0. The summed E-state index contributed by atoms with van der Waals surface area (Å²) in [6.07, 6.45) is 1.96. The second-order valence-electron chi connectivity index (χ2n) is 6.22. The predicted octanol–water partition coefficient (Wildman–Crippen LogP) is 3.16. The first kappa shape index (κ1) is 18.6. The Morgan fingerprint density at radius 1 is 1.32 bits per heavy atom. The van der Waals surface area contributed by atoms with Crippen molar-refractivity contribution in [3.63, 3.8) is 0 Å². The van der Waals surface area contributed by atoms with Crippen LogP contribution in [0.25, 0.3) is 0 Å². The molecule has 0 saturated heterocycles. The molecule has 2 aromatic heterocycles. The third-order valence-electron chi connectivity index (χ3n) is 4.22. The van der Waals surface area contributed by atoms with E-state index in [0.717, 1.165) is 25.1 Å². The van der Waals surface area contributed by atoms with Crippen LogP contribution in [0.1, 0.15) is 28.2 Å². The van der Waals surface area contributed by atoms with Gasteiger partial charge in [-0.2, -0.15) is 0 Å². The molecule has 0 spiro atoms. The van der Waals surface area contributed by atoms with E-state index in [1.165, 1.54) is 28.7 Å². The lowest BCUT2D eigenvalue weighted by Crippen LogP contribution is -2.36. The number of nitrogens with one attached hydrogen (secondary N) is 1. The summed E-state index contributed by atoms with van der Waals surface area (Å²) >= 11 is 2.53. The molecule has 1 aliphatic heterocycles. The van der Waals surface area contributed by atoms with Crippen molar-refractivity contribution < 1.29 is 14.1 Å². The highest BCUT2D eigenvalue weighted by molar-refractivity contribution is 8.01. The lowest BCUT2D eigenvalue weighted by atomic mass is 10.0. The van der Waals surface area contributed by atoms with Crippen molar-refractivity contribution >= 4 is 45.7 Å². The zero-order chi connectivity index (χ0) is 19.5. The van der Waals surface area contributed by atoms with Crippen LogP contribution in [0.3, 0.4) is 0 Å². The lowest BCUT2D eigenvalue weighted by molar-refractivity contribution is -0.116. The highest BCUT2D eigenvalue weighted by Crippen LogP contribution is 2.30. The van der Waals surface area contributed by atoms with Crippen molar-refractivity contribution in [3.8, 4) is 0 Å². The molecule has 1 N–H and O–H groups in total. The van der Waals surface area contributed by atoms with E-state index in [9.17, 15) is 9.59 Å². The summed E-state index contributed by atoms with van der Waals surface area (Å²) in [6.45, 7) is 2.44. The molecule has 4 rings (SSSR count). The van der Waals surface area contributed by atoms with Gasteiger partial charge in [-0.3, -0.25) is 14.9 Å². The Hall–Kier alpha value is -2.72. The molecule has 0 saturated carbocycles. The summed E-state index contributed by atoms with van der Waals surface area (Å²) in [6, 6.07) is 9.55. The first-order chi connectivity index (χ1) is 13.6. The minimum Gasteiger partial charge on any atom is -0.361 e. The maximum atomic E-state index is 12.7. The predicted molar refractivity (Wildman–Crippen MR) is 107 cm³/mol. The fourth-order valence-corrected chi connectivity index (χ4v) is 4.57. The van der Waals surface area contributed by atoms with Gasteiger partial charge in [0.15, 0.2) is 10.0 Å². The molecule has 0 atom stereocenters. The normalized spacial score (nSPS) is 13.2. The molecule has 2 amide bonds. The van der Waals surface area contributed by atoms with Gasteiger partial charge in [0.05, 0.1) is 5.75 Å². The van der Waals surface area contributed by atoms with Gasteiger partial charge in [-0.05, 0) is 31.4 Å². The van der Waals surface area contributed by atoms with E-state index in [0.29, 0.717) is 15.2 Å². The number of hydrogen-bond donors (Lipinski definition) is 1. The standard InChI is InChI=1S/C18H17N5O3S2/c1-11-9-13(22-26-11)16(25)19-17-20-21-18(28-17)27-10-15(24)23-8-4-6-12-5-2-3-7-14(12)23/h2-3,5,7,9H,4,6,8,10H2,1H3,(H,19,20,25). The molecule has 0 radical (unpaired) electrons. The minimum absolute atomic E-state index is 0.0380. The number of carbonyl (C=O) groups excluding carboxylic acids is 2. The number of carbonyl (C=O) groups is 2. The smallest absolute Gasteiger partial charge is 0.279 e. The molecule has 0 fully saturated rings. The second-order valence-corrected chi connectivity index (χ2v) is 8.42. The van der Waals surface area contributed by atoms with E-state index in [2.05, 4.69) is 26.7 Å². The van der Waals surface area contributed by atoms with Crippen LogP contribution in [0, 0.1) is 6.92 Å². The highest BCUT2D eigenvalue weighted by atomic mass is 32.2.